The van der Waals surface area contributed by atoms with Crippen LogP contribution in [0.4, 0.5) is 0 Å². The summed E-state index contributed by atoms with van der Waals surface area (Å²) in [6.07, 6.45) is 4.22. The third-order valence-corrected chi connectivity index (χ3v) is 3.75. The van der Waals surface area contributed by atoms with Crippen molar-refractivity contribution < 1.29 is 5.11 Å². The molecule has 0 amide bonds. The summed E-state index contributed by atoms with van der Waals surface area (Å²) in [6, 6.07) is 0.608. The first-order valence-corrected chi connectivity index (χ1v) is 6.25. The molecule has 0 saturated carbocycles. The van der Waals surface area contributed by atoms with Gasteiger partial charge in [-0.05, 0) is 39.3 Å². The molecule has 15 heavy (non-hydrogen) atoms. The normalized spacial score (nSPS) is 24.4. The zero-order chi connectivity index (χ0) is 11.3. The van der Waals surface area contributed by atoms with Crippen LogP contribution in [0.15, 0.2) is 0 Å². The van der Waals surface area contributed by atoms with Gasteiger partial charge in [-0.15, -0.1) is 0 Å². The van der Waals surface area contributed by atoms with Gasteiger partial charge in [0, 0.05) is 19.1 Å². The maximum atomic E-state index is 10.3. The molecule has 1 aliphatic heterocycles. The number of β-amino-alcohol motifs (C(OH)–C–C–N with tert-alkyl or cyclic N) is 1. The summed E-state index contributed by atoms with van der Waals surface area (Å²) in [7, 11) is 2.03. The number of likely N-dealkylation sites (N-methyl/N-ethyl adjacent to an activating group) is 1. The summed E-state index contributed by atoms with van der Waals surface area (Å²) in [5, 5.41) is 13.6. The monoisotopic (exact) mass is 214 g/mol. The lowest BCUT2D eigenvalue weighted by atomic mass is 9.95. The second-order valence-electron chi connectivity index (χ2n) is 4.79. The fourth-order valence-electron chi connectivity index (χ4n) is 2.32. The highest BCUT2D eigenvalue weighted by molar-refractivity contribution is 4.84. The molecule has 0 spiro atoms. The topological polar surface area (TPSA) is 35.5 Å². The maximum Gasteiger partial charge on any atom is 0.0768 e. The van der Waals surface area contributed by atoms with Crippen LogP contribution in [0, 0.1) is 0 Å². The van der Waals surface area contributed by atoms with Gasteiger partial charge in [-0.2, -0.15) is 0 Å². The number of rotatable bonds is 5. The van der Waals surface area contributed by atoms with E-state index in [-0.39, 0.29) is 0 Å². The molecule has 0 aliphatic carbocycles. The van der Waals surface area contributed by atoms with Gasteiger partial charge in [0.05, 0.1) is 5.60 Å². The van der Waals surface area contributed by atoms with Crippen molar-refractivity contribution in [3.05, 3.63) is 0 Å². The van der Waals surface area contributed by atoms with Crippen LogP contribution >= 0.6 is 0 Å². The van der Waals surface area contributed by atoms with E-state index < -0.39 is 5.60 Å². The van der Waals surface area contributed by atoms with E-state index in [1.165, 1.54) is 12.8 Å². The lowest BCUT2D eigenvalue weighted by Crippen LogP contribution is -2.50. The first-order valence-electron chi connectivity index (χ1n) is 6.25. The third kappa shape index (κ3) is 3.74. The first-order chi connectivity index (χ1) is 7.13. The van der Waals surface area contributed by atoms with Crippen LogP contribution in [0.1, 0.15) is 39.5 Å². The summed E-state index contributed by atoms with van der Waals surface area (Å²) in [5.74, 6) is 0. The SMILES string of the molecule is CCC(O)(CC)CN1CCCC(NC)C1. The molecule has 1 aliphatic rings. The molecule has 2 N–H and O–H groups in total. The van der Waals surface area contributed by atoms with Crippen molar-refractivity contribution in [1.29, 1.82) is 0 Å². The van der Waals surface area contributed by atoms with Crippen molar-refractivity contribution in [2.24, 2.45) is 0 Å². The number of piperidine rings is 1. The molecule has 1 atom stereocenters. The highest BCUT2D eigenvalue weighted by atomic mass is 16.3. The minimum atomic E-state index is -0.477. The lowest BCUT2D eigenvalue weighted by Gasteiger charge is -2.38. The van der Waals surface area contributed by atoms with E-state index in [1.54, 1.807) is 0 Å². The van der Waals surface area contributed by atoms with Gasteiger partial charge in [0.25, 0.3) is 0 Å². The van der Waals surface area contributed by atoms with Crippen LogP contribution in [0.25, 0.3) is 0 Å². The van der Waals surface area contributed by atoms with Crippen LogP contribution in [-0.2, 0) is 0 Å². The molecule has 3 heteroatoms. The average Bonchev–Trinajstić information content (AvgIpc) is 2.29. The number of hydrogen-bond acceptors (Lipinski definition) is 3. The Bertz CT molecular complexity index is 180. The van der Waals surface area contributed by atoms with Crippen molar-refractivity contribution in [1.82, 2.24) is 10.2 Å². The highest BCUT2D eigenvalue weighted by Crippen LogP contribution is 2.19. The summed E-state index contributed by atoms with van der Waals surface area (Å²) < 4.78 is 0. The average molecular weight is 214 g/mol. The van der Waals surface area contributed by atoms with Crippen LogP contribution < -0.4 is 5.32 Å². The number of nitrogens with zero attached hydrogens (tertiary/aromatic N) is 1. The molecule has 0 aromatic carbocycles. The molecule has 3 nitrogen and oxygen atoms in total. The van der Waals surface area contributed by atoms with Gasteiger partial charge >= 0.3 is 0 Å². The summed E-state index contributed by atoms with van der Waals surface area (Å²) in [5.41, 5.74) is -0.477. The number of likely N-dealkylation sites (tertiary alicyclic amines) is 1. The molecule has 1 heterocycles. The van der Waals surface area contributed by atoms with Crippen LogP contribution in [0.3, 0.4) is 0 Å². The molecule has 1 unspecified atom stereocenters. The van der Waals surface area contributed by atoms with E-state index >= 15 is 0 Å². The summed E-state index contributed by atoms with van der Waals surface area (Å²) in [4.78, 5) is 2.40. The third-order valence-electron chi connectivity index (χ3n) is 3.75. The fraction of sp³-hybridized carbons (Fsp3) is 1.00. The van der Waals surface area contributed by atoms with E-state index in [2.05, 4.69) is 24.1 Å². The van der Waals surface area contributed by atoms with Crippen molar-refractivity contribution >= 4 is 0 Å². The van der Waals surface area contributed by atoms with Gasteiger partial charge in [-0.25, -0.2) is 0 Å². The Kier molecular flexibility index (Phi) is 5.03. The van der Waals surface area contributed by atoms with Crippen molar-refractivity contribution in [2.75, 3.05) is 26.7 Å². The van der Waals surface area contributed by atoms with Gasteiger partial charge in [0.15, 0.2) is 0 Å². The lowest BCUT2D eigenvalue weighted by molar-refractivity contribution is -0.0106. The molecular weight excluding hydrogens is 188 g/mol. The van der Waals surface area contributed by atoms with E-state index in [0.717, 1.165) is 32.5 Å². The Hall–Kier alpha value is -0.120. The van der Waals surface area contributed by atoms with E-state index in [0.29, 0.717) is 6.04 Å². The molecule has 90 valence electrons. The number of nitrogens with one attached hydrogen (secondary N) is 1. The second-order valence-corrected chi connectivity index (χ2v) is 4.79. The molecule has 0 aromatic heterocycles. The molecule has 0 radical (unpaired) electrons. The van der Waals surface area contributed by atoms with E-state index in [1.807, 2.05) is 7.05 Å². The van der Waals surface area contributed by atoms with Crippen molar-refractivity contribution in [3.63, 3.8) is 0 Å². The standard InChI is InChI=1S/C12H26N2O/c1-4-12(15,5-2)10-14-8-6-7-11(9-14)13-3/h11,13,15H,4-10H2,1-3H3. The Morgan fingerprint density at radius 3 is 2.60 bits per heavy atom. The Morgan fingerprint density at radius 1 is 1.40 bits per heavy atom. The molecule has 1 fully saturated rings. The van der Waals surface area contributed by atoms with Gasteiger partial charge in [-0.1, -0.05) is 13.8 Å². The van der Waals surface area contributed by atoms with E-state index in [9.17, 15) is 5.11 Å². The summed E-state index contributed by atoms with van der Waals surface area (Å²) >= 11 is 0. The fourth-order valence-corrected chi connectivity index (χ4v) is 2.32. The predicted octanol–water partition coefficient (Wildman–Crippen LogP) is 1.22. The predicted molar refractivity (Wildman–Crippen MR) is 64.1 cm³/mol. The van der Waals surface area contributed by atoms with Gasteiger partial charge in [-0.3, -0.25) is 4.90 Å². The Balaban J connectivity index is 2.43. The molecule has 0 aromatic rings. The van der Waals surface area contributed by atoms with Gasteiger partial charge in [0.1, 0.15) is 0 Å². The smallest absolute Gasteiger partial charge is 0.0768 e. The number of hydrogen-bond donors (Lipinski definition) is 2. The molecule has 1 saturated heterocycles. The molecule has 1 rings (SSSR count). The van der Waals surface area contributed by atoms with Crippen molar-refractivity contribution in [3.8, 4) is 0 Å². The van der Waals surface area contributed by atoms with Gasteiger partial charge in [0.2, 0.25) is 0 Å². The first kappa shape index (κ1) is 12.9. The number of aliphatic hydroxyl groups is 1. The zero-order valence-electron chi connectivity index (χ0n) is 10.4. The minimum absolute atomic E-state index is 0.477. The Morgan fingerprint density at radius 2 is 2.07 bits per heavy atom. The van der Waals surface area contributed by atoms with E-state index in [4.69, 9.17) is 0 Å². The molecular formula is C12H26N2O. The summed E-state index contributed by atoms with van der Waals surface area (Å²) in [6.45, 7) is 7.20. The van der Waals surface area contributed by atoms with Gasteiger partial charge < -0.3 is 10.4 Å². The second kappa shape index (κ2) is 5.83. The van der Waals surface area contributed by atoms with Crippen LogP contribution in [0.5, 0.6) is 0 Å². The largest absolute Gasteiger partial charge is 0.389 e. The van der Waals surface area contributed by atoms with Crippen molar-refractivity contribution in [2.45, 2.75) is 51.2 Å². The van der Waals surface area contributed by atoms with Crippen LogP contribution in [0.2, 0.25) is 0 Å². The zero-order valence-corrected chi connectivity index (χ0v) is 10.4. The minimum Gasteiger partial charge on any atom is -0.389 e. The maximum absolute atomic E-state index is 10.3. The molecule has 0 bridgehead atoms. The highest BCUT2D eigenvalue weighted by Gasteiger charge is 2.28. The quantitative estimate of drug-likeness (QED) is 0.722. The van der Waals surface area contributed by atoms with Crippen LogP contribution in [-0.4, -0.2) is 48.3 Å². The Labute approximate surface area is 93.9 Å².